The zero-order chi connectivity index (χ0) is 13.6. The first kappa shape index (κ1) is 14.1. The van der Waals surface area contributed by atoms with Crippen LogP contribution >= 0.6 is 23.1 Å². The highest BCUT2D eigenvalue weighted by Gasteiger charge is 2.11. The summed E-state index contributed by atoms with van der Waals surface area (Å²) >= 11 is 3.45. The Kier molecular flexibility index (Phi) is 5.07. The number of ether oxygens (including phenoxy) is 1. The van der Waals surface area contributed by atoms with Gasteiger partial charge in [-0.2, -0.15) is 11.8 Å². The average Bonchev–Trinajstić information content (AvgIpc) is 3.15. The molecule has 1 saturated heterocycles. The number of morpholine rings is 1. The number of thioether (sulfide) groups is 1. The van der Waals surface area contributed by atoms with Crippen LogP contribution in [0.3, 0.4) is 0 Å². The van der Waals surface area contributed by atoms with E-state index in [1.165, 1.54) is 0 Å². The fourth-order valence-electron chi connectivity index (χ4n) is 1.99. The minimum absolute atomic E-state index is 0.628. The van der Waals surface area contributed by atoms with Gasteiger partial charge in [-0.25, -0.2) is 0 Å². The van der Waals surface area contributed by atoms with E-state index in [4.69, 9.17) is 9.15 Å². The van der Waals surface area contributed by atoms with E-state index in [2.05, 4.69) is 15.1 Å². The van der Waals surface area contributed by atoms with E-state index in [9.17, 15) is 0 Å². The van der Waals surface area contributed by atoms with Crippen LogP contribution in [0, 0.1) is 0 Å². The van der Waals surface area contributed by atoms with Gasteiger partial charge in [0.05, 0.1) is 23.8 Å². The van der Waals surface area contributed by atoms with Crippen molar-refractivity contribution in [3.05, 3.63) is 23.4 Å². The maximum atomic E-state index is 5.65. The minimum atomic E-state index is 0.628. The summed E-state index contributed by atoms with van der Waals surface area (Å²) in [5.74, 6) is 3.20. The molecule has 0 atom stereocenters. The maximum Gasteiger partial charge on any atom is 0.257 e. The fourth-order valence-corrected chi connectivity index (χ4v) is 3.46. The van der Waals surface area contributed by atoms with E-state index in [0.29, 0.717) is 11.8 Å². The van der Waals surface area contributed by atoms with Gasteiger partial charge in [-0.1, -0.05) is 6.07 Å². The lowest BCUT2D eigenvalue weighted by Crippen LogP contribution is -2.37. The highest BCUT2D eigenvalue weighted by Crippen LogP contribution is 2.24. The quantitative estimate of drug-likeness (QED) is 0.763. The summed E-state index contributed by atoms with van der Waals surface area (Å²) in [6.07, 6.45) is 0. The van der Waals surface area contributed by atoms with Crippen LogP contribution in [0.4, 0.5) is 0 Å². The molecule has 0 N–H and O–H groups in total. The molecule has 0 unspecified atom stereocenters. The molecule has 0 aliphatic carbocycles. The van der Waals surface area contributed by atoms with Crippen LogP contribution in [0.5, 0.6) is 0 Å². The third-order valence-electron chi connectivity index (χ3n) is 3.08. The molecule has 3 rings (SSSR count). The topological polar surface area (TPSA) is 51.4 Å². The van der Waals surface area contributed by atoms with Gasteiger partial charge in [-0.15, -0.1) is 21.5 Å². The number of nitrogens with zero attached hydrogens (tertiary/aromatic N) is 3. The second kappa shape index (κ2) is 7.21. The number of hydrogen-bond acceptors (Lipinski definition) is 7. The van der Waals surface area contributed by atoms with Crippen LogP contribution < -0.4 is 0 Å². The van der Waals surface area contributed by atoms with Crippen molar-refractivity contribution < 1.29 is 9.15 Å². The van der Waals surface area contributed by atoms with Crippen molar-refractivity contribution in [3.63, 3.8) is 0 Å². The highest BCUT2D eigenvalue weighted by atomic mass is 32.2. The summed E-state index contributed by atoms with van der Waals surface area (Å²) in [6, 6.07) is 3.98. The Labute approximate surface area is 126 Å². The Morgan fingerprint density at radius 3 is 3.00 bits per heavy atom. The Bertz CT molecular complexity index is 509. The molecule has 1 aliphatic rings. The molecule has 7 heteroatoms. The summed E-state index contributed by atoms with van der Waals surface area (Å²) in [4.78, 5) is 3.46. The Hall–Kier alpha value is -0.890. The van der Waals surface area contributed by atoms with Gasteiger partial charge in [0.25, 0.3) is 5.89 Å². The molecule has 0 spiro atoms. The molecule has 0 radical (unpaired) electrons. The van der Waals surface area contributed by atoms with Crippen LogP contribution in [0.25, 0.3) is 10.8 Å². The summed E-state index contributed by atoms with van der Waals surface area (Å²) in [7, 11) is 0. The van der Waals surface area contributed by atoms with Crippen LogP contribution in [0.2, 0.25) is 0 Å². The van der Waals surface area contributed by atoms with Crippen LogP contribution in [-0.4, -0.2) is 53.7 Å². The van der Waals surface area contributed by atoms with E-state index >= 15 is 0 Å². The van der Waals surface area contributed by atoms with Crippen molar-refractivity contribution >= 4 is 23.1 Å². The van der Waals surface area contributed by atoms with Crippen LogP contribution in [-0.2, 0) is 10.5 Å². The number of aromatic nitrogens is 2. The number of rotatable bonds is 6. The van der Waals surface area contributed by atoms with Crippen molar-refractivity contribution in [3.8, 4) is 10.8 Å². The molecular weight excluding hydrogens is 294 g/mol. The third-order valence-corrected chi connectivity index (χ3v) is 4.86. The lowest BCUT2D eigenvalue weighted by molar-refractivity contribution is 0.0410. The first-order valence-corrected chi connectivity index (χ1v) is 8.69. The van der Waals surface area contributed by atoms with Crippen molar-refractivity contribution in [2.24, 2.45) is 0 Å². The lowest BCUT2D eigenvalue weighted by Gasteiger charge is -2.26. The number of hydrogen-bond donors (Lipinski definition) is 0. The van der Waals surface area contributed by atoms with Crippen LogP contribution in [0.15, 0.2) is 21.9 Å². The molecule has 0 amide bonds. The first-order valence-electron chi connectivity index (χ1n) is 6.66. The Morgan fingerprint density at radius 2 is 2.20 bits per heavy atom. The molecule has 1 aliphatic heterocycles. The Morgan fingerprint density at radius 1 is 1.30 bits per heavy atom. The summed E-state index contributed by atoms with van der Waals surface area (Å²) in [5.41, 5.74) is 0. The summed E-state index contributed by atoms with van der Waals surface area (Å²) in [6.45, 7) is 4.91. The average molecular weight is 311 g/mol. The highest BCUT2D eigenvalue weighted by molar-refractivity contribution is 7.98. The van der Waals surface area contributed by atoms with E-state index in [-0.39, 0.29) is 0 Å². The molecule has 108 valence electrons. The van der Waals surface area contributed by atoms with Crippen molar-refractivity contribution in [1.82, 2.24) is 15.1 Å². The monoisotopic (exact) mass is 311 g/mol. The molecule has 5 nitrogen and oxygen atoms in total. The van der Waals surface area contributed by atoms with Gasteiger partial charge in [-0.3, -0.25) is 4.90 Å². The second-order valence-corrected chi connectivity index (χ2v) is 6.54. The minimum Gasteiger partial charge on any atom is -0.419 e. The first-order chi connectivity index (χ1) is 9.92. The van der Waals surface area contributed by atoms with Crippen molar-refractivity contribution in [1.29, 1.82) is 0 Å². The van der Waals surface area contributed by atoms with Gasteiger partial charge in [0.2, 0.25) is 5.89 Å². The maximum absolute atomic E-state index is 5.65. The smallest absolute Gasteiger partial charge is 0.257 e. The van der Waals surface area contributed by atoms with Crippen molar-refractivity contribution in [2.45, 2.75) is 5.75 Å². The second-order valence-electron chi connectivity index (χ2n) is 4.48. The van der Waals surface area contributed by atoms with Gasteiger partial charge < -0.3 is 9.15 Å². The number of thiophene rings is 1. The molecule has 1 fully saturated rings. The van der Waals surface area contributed by atoms with E-state index < -0.39 is 0 Å². The molecule has 20 heavy (non-hydrogen) atoms. The summed E-state index contributed by atoms with van der Waals surface area (Å²) < 4.78 is 11.0. The molecule has 0 saturated carbocycles. The fraction of sp³-hybridized carbons (Fsp3) is 0.538. The normalized spacial score (nSPS) is 16.6. The lowest BCUT2D eigenvalue weighted by atomic mass is 10.4. The summed E-state index contributed by atoms with van der Waals surface area (Å²) in [5, 5.41) is 10.2. The zero-order valence-corrected chi connectivity index (χ0v) is 12.8. The van der Waals surface area contributed by atoms with Gasteiger partial charge in [0.1, 0.15) is 0 Å². The van der Waals surface area contributed by atoms with Gasteiger partial charge in [0, 0.05) is 25.4 Å². The predicted molar refractivity (Wildman–Crippen MR) is 81.0 cm³/mol. The molecule has 3 heterocycles. The molecular formula is C13H17N3O2S2. The largest absolute Gasteiger partial charge is 0.419 e. The van der Waals surface area contributed by atoms with E-state index in [1.54, 1.807) is 11.3 Å². The van der Waals surface area contributed by atoms with E-state index in [1.807, 2.05) is 29.3 Å². The van der Waals surface area contributed by atoms with E-state index in [0.717, 1.165) is 49.2 Å². The third kappa shape index (κ3) is 3.82. The van der Waals surface area contributed by atoms with Crippen LogP contribution in [0.1, 0.15) is 5.89 Å². The predicted octanol–water partition coefficient (Wildman–Crippen LogP) is 2.36. The standard InChI is InChI=1S/C13H17N3O2S2/c1-2-11(20-8-1)13-15-14-12(18-13)10-19-9-5-16-3-6-17-7-4-16/h1-2,8H,3-7,9-10H2. The zero-order valence-electron chi connectivity index (χ0n) is 11.2. The molecule has 0 bridgehead atoms. The van der Waals surface area contributed by atoms with Crippen molar-refractivity contribution in [2.75, 3.05) is 38.6 Å². The molecule has 0 aromatic carbocycles. The van der Waals surface area contributed by atoms with Gasteiger partial charge in [-0.05, 0) is 11.4 Å². The molecule has 2 aromatic heterocycles. The molecule has 2 aromatic rings. The Balaban J connectivity index is 1.40. The SMILES string of the molecule is c1csc(-c2nnc(CSCCN3CCOCC3)o2)c1. The van der Waals surface area contributed by atoms with Gasteiger partial charge in [0.15, 0.2) is 0 Å². The van der Waals surface area contributed by atoms with Gasteiger partial charge >= 0.3 is 0 Å².